The van der Waals surface area contributed by atoms with Crippen LogP contribution >= 0.6 is 0 Å². The summed E-state index contributed by atoms with van der Waals surface area (Å²) in [4.78, 5) is 6.85. The summed E-state index contributed by atoms with van der Waals surface area (Å²) in [7, 11) is 0. The van der Waals surface area contributed by atoms with E-state index in [1.165, 1.54) is 25.1 Å². The van der Waals surface area contributed by atoms with E-state index in [4.69, 9.17) is 0 Å². The summed E-state index contributed by atoms with van der Waals surface area (Å²) in [5, 5.41) is 6.97. The van der Waals surface area contributed by atoms with Gasteiger partial charge < -0.3 is 15.5 Å². The molecule has 0 amide bonds. The first-order valence-electron chi connectivity index (χ1n) is 7.50. The summed E-state index contributed by atoms with van der Waals surface area (Å²) in [5.41, 5.74) is 1.18. The third-order valence-electron chi connectivity index (χ3n) is 3.64. The normalized spacial score (nSPS) is 20.2. The van der Waals surface area contributed by atoms with Crippen LogP contribution in [0, 0.1) is 0 Å². The predicted octanol–water partition coefficient (Wildman–Crippen LogP) is 2.80. The lowest BCUT2D eigenvalue weighted by Gasteiger charge is -2.32. The molecule has 0 aliphatic carbocycles. The van der Waals surface area contributed by atoms with E-state index in [1.807, 2.05) is 6.20 Å². The van der Waals surface area contributed by atoms with Gasteiger partial charge in [0.05, 0.1) is 0 Å². The lowest BCUT2D eigenvalue weighted by atomic mass is 10.1. The van der Waals surface area contributed by atoms with Gasteiger partial charge in [-0.05, 0) is 38.4 Å². The number of anilines is 2. The Bertz CT molecular complexity index is 380. The fraction of sp³-hybridized carbons (Fsp3) is 0.667. The predicted molar refractivity (Wildman–Crippen MR) is 81.8 cm³/mol. The van der Waals surface area contributed by atoms with E-state index in [0.717, 1.165) is 31.9 Å². The molecule has 0 spiro atoms. The van der Waals surface area contributed by atoms with Crippen LogP contribution in [0.1, 0.15) is 33.1 Å². The van der Waals surface area contributed by atoms with Crippen molar-refractivity contribution in [1.29, 1.82) is 0 Å². The fourth-order valence-corrected chi connectivity index (χ4v) is 2.57. The van der Waals surface area contributed by atoms with Crippen molar-refractivity contribution in [3.63, 3.8) is 0 Å². The van der Waals surface area contributed by atoms with Gasteiger partial charge in [0.2, 0.25) is 0 Å². The summed E-state index contributed by atoms with van der Waals surface area (Å²) in [6, 6.07) is 4.73. The summed E-state index contributed by atoms with van der Waals surface area (Å²) in [6.45, 7) is 8.92. The standard InChI is InChI=1S/C15H26N4/c1-3-8-16-15-11-13(7-9-17-15)18-14-6-5-10-19(4-2)12-14/h7,9,11,14H,3-6,8,10,12H2,1-2H3,(H2,16,17,18). The van der Waals surface area contributed by atoms with Crippen molar-refractivity contribution in [2.24, 2.45) is 0 Å². The number of piperidine rings is 1. The SMILES string of the molecule is CCCNc1cc(NC2CCCN(CC)C2)ccn1. The molecule has 1 aromatic heterocycles. The minimum Gasteiger partial charge on any atom is -0.381 e. The van der Waals surface area contributed by atoms with Gasteiger partial charge in [-0.25, -0.2) is 4.98 Å². The van der Waals surface area contributed by atoms with Gasteiger partial charge in [0, 0.05) is 37.1 Å². The van der Waals surface area contributed by atoms with E-state index < -0.39 is 0 Å². The zero-order valence-electron chi connectivity index (χ0n) is 12.2. The Balaban J connectivity index is 1.90. The highest BCUT2D eigenvalue weighted by atomic mass is 15.2. The lowest BCUT2D eigenvalue weighted by Crippen LogP contribution is -2.41. The third-order valence-corrected chi connectivity index (χ3v) is 3.64. The van der Waals surface area contributed by atoms with Crippen LogP contribution in [0.4, 0.5) is 11.5 Å². The Hall–Kier alpha value is -1.29. The molecule has 1 unspecified atom stereocenters. The summed E-state index contributed by atoms with van der Waals surface area (Å²) < 4.78 is 0. The van der Waals surface area contributed by atoms with E-state index >= 15 is 0 Å². The van der Waals surface area contributed by atoms with Crippen molar-refractivity contribution in [2.75, 3.05) is 36.8 Å². The summed E-state index contributed by atoms with van der Waals surface area (Å²) in [6.07, 6.45) is 5.54. The Kier molecular flexibility index (Phi) is 5.45. The van der Waals surface area contributed by atoms with Crippen LogP contribution in [0.3, 0.4) is 0 Å². The second-order valence-corrected chi connectivity index (χ2v) is 5.23. The van der Waals surface area contributed by atoms with Crippen molar-refractivity contribution in [2.45, 2.75) is 39.2 Å². The van der Waals surface area contributed by atoms with Crippen molar-refractivity contribution in [1.82, 2.24) is 9.88 Å². The van der Waals surface area contributed by atoms with Gasteiger partial charge in [-0.1, -0.05) is 13.8 Å². The smallest absolute Gasteiger partial charge is 0.127 e. The summed E-state index contributed by atoms with van der Waals surface area (Å²) >= 11 is 0. The van der Waals surface area contributed by atoms with E-state index in [1.54, 1.807) is 0 Å². The summed E-state index contributed by atoms with van der Waals surface area (Å²) in [5.74, 6) is 0.968. The van der Waals surface area contributed by atoms with Crippen LogP contribution in [0.25, 0.3) is 0 Å². The number of likely N-dealkylation sites (tertiary alicyclic amines) is 1. The fourth-order valence-electron chi connectivity index (χ4n) is 2.57. The Morgan fingerprint density at radius 2 is 2.32 bits per heavy atom. The molecule has 2 heterocycles. The lowest BCUT2D eigenvalue weighted by molar-refractivity contribution is 0.227. The number of likely N-dealkylation sites (N-methyl/N-ethyl adjacent to an activating group) is 1. The van der Waals surface area contributed by atoms with Crippen molar-refractivity contribution < 1.29 is 0 Å². The molecule has 1 aliphatic heterocycles. The molecule has 0 radical (unpaired) electrons. The van der Waals surface area contributed by atoms with E-state index in [2.05, 4.69) is 46.5 Å². The van der Waals surface area contributed by atoms with Crippen LogP contribution in [0.2, 0.25) is 0 Å². The second kappa shape index (κ2) is 7.34. The number of pyridine rings is 1. The maximum absolute atomic E-state index is 4.34. The van der Waals surface area contributed by atoms with Crippen LogP contribution in [0.5, 0.6) is 0 Å². The number of aromatic nitrogens is 1. The second-order valence-electron chi connectivity index (χ2n) is 5.23. The van der Waals surface area contributed by atoms with Crippen molar-refractivity contribution in [3.05, 3.63) is 18.3 Å². The molecule has 106 valence electrons. The van der Waals surface area contributed by atoms with E-state index in [9.17, 15) is 0 Å². The zero-order valence-corrected chi connectivity index (χ0v) is 12.2. The molecule has 1 aromatic rings. The Morgan fingerprint density at radius 3 is 3.11 bits per heavy atom. The molecular formula is C15H26N4. The zero-order chi connectivity index (χ0) is 13.5. The molecule has 4 nitrogen and oxygen atoms in total. The van der Waals surface area contributed by atoms with E-state index in [0.29, 0.717) is 6.04 Å². The van der Waals surface area contributed by atoms with Crippen LogP contribution in [-0.4, -0.2) is 42.1 Å². The molecule has 19 heavy (non-hydrogen) atoms. The van der Waals surface area contributed by atoms with E-state index in [-0.39, 0.29) is 0 Å². The van der Waals surface area contributed by atoms with Gasteiger partial charge >= 0.3 is 0 Å². The minimum atomic E-state index is 0.565. The maximum atomic E-state index is 4.34. The number of hydrogen-bond donors (Lipinski definition) is 2. The van der Waals surface area contributed by atoms with Gasteiger partial charge in [-0.15, -0.1) is 0 Å². The maximum Gasteiger partial charge on any atom is 0.127 e. The van der Waals surface area contributed by atoms with Crippen molar-refractivity contribution in [3.8, 4) is 0 Å². The Labute approximate surface area is 116 Å². The van der Waals surface area contributed by atoms with Gasteiger partial charge in [0.15, 0.2) is 0 Å². The first-order chi connectivity index (χ1) is 9.31. The molecule has 0 saturated carbocycles. The Morgan fingerprint density at radius 1 is 1.42 bits per heavy atom. The average molecular weight is 262 g/mol. The highest BCUT2D eigenvalue weighted by molar-refractivity contribution is 5.52. The van der Waals surface area contributed by atoms with Gasteiger partial charge in [-0.3, -0.25) is 0 Å². The average Bonchev–Trinajstić information content (AvgIpc) is 2.46. The quantitative estimate of drug-likeness (QED) is 0.827. The molecule has 2 rings (SSSR count). The molecule has 0 aromatic carbocycles. The topological polar surface area (TPSA) is 40.2 Å². The molecule has 1 fully saturated rings. The first-order valence-corrected chi connectivity index (χ1v) is 7.50. The van der Waals surface area contributed by atoms with Gasteiger partial charge in [-0.2, -0.15) is 0 Å². The molecular weight excluding hydrogens is 236 g/mol. The molecule has 1 atom stereocenters. The highest BCUT2D eigenvalue weighted by Crippen LogP contribution is 2.17. The van der Waals surface area contributed by atoms with Gasteiger partial charge in [0.25, 0.3) is 0 Å². The van der Waals surface area contributed by atoms with Crippen LogP contribution in [-0.2, 0) is 0 Å². The number of rotatable bonds is 6. The molecule has 0 bridgehead atoms. The number of nitrogens with one attached hydrogen (secondary N) is 2. The number of nitrogens with zero attached hydrogens (tertiary/aromatic N) is 2. The minimum absolute atomic E-state index is 0.565. The number of hydrogen-bond acceptors (Lipinski definition) is 4. The van der Waals surface area contributed by atoms with Crippen molar-refractivity contribution >= 4 is 11.5 Å². The molecule has 2 N–H and O–H groups in total. The monoisotopic (exact) mass is 262 g/mol. The largest absolute Gasteiger partial charge is 0.381 e. The van der Waals surface area contributed by atoms with Crippen LogP contribution < -0.4 is 10.6 Å². The molecule has 4 heteroatoms. The highest BCUT2D eigenvalue weighted by Gasteiger charge is 2.18. The molecule has 1 saturated heterocycles. The van der Waals surface area contributed by atoms with Gasteiger partial charge in [0.1, 0.15) is 5.82 Å². The third kappa shape index (κ3) is 4.39. The molecule has 1 aliphatic rings. The van der Waals surface area contributed by atoms with Crippen LogP contribution in [0.15, 0.2) is 18.3 Å². The first kappa shape index (κ1) is 14.1.